The van der Waals surface area contributed by atoms with Gasteiger partial charge in [0.15, 0.2) is 0 Å². The SMILES string of the molecule is Cc1ccc([N+](=O)[O-])c(NCC[C@H](NC(=O)OC(C)(C)C)C(=O)O)c1. The van der Waals surface area contributed by atoms with Crippen LogP contribution in [0.3, 0.4) is 0 Å². The van der Waals surface area contributed by atoms with Gasteiger partial charge in [0.1, 0.15) is 17.3 Å². The molecule has 0 aliphatic rings. The van der Waals surface area contributed by atoms with Gasteiger partial charge >= 0.3 is 12.1 Å². The zero-order valence-electron chi connectivity index (χ0n) is 14.7. The highest BCUT2D eigenvalue weighted by Crippen LogP contribution is 2.25. The average Bonchev–Trinajstić information content (AvgIpc) is 2.43. The first kappa shape index (κ1) is 20.2. The molecule has 1 aromatic rings. The van der Waals surface area contributed by atoms with Crippen LogP contribution in [0.15, 0.2) is 18.2 Å². The van der Waals surface area contributed by atoms with E-state index < -0.39 is 28.6 Å². The molecule has 1 atom stereocenters. The van der Waals surface area contributed by atoms with E-state index in [1.54, 1.807) is 39.8 Å². The highest BCUT2D eigenvalue weighted by atomic mass is 16.6. The Morgan fingerprint density at radius 3 is 2.52 bits per heavy atom. The van der Waals surface area contributed by atoms with E-state index in [1.807, 2.05) is 0 Å². The van der Waals surface area contributed by atoms with E-state index in [2.05, 4.69) is 10.6 Å². The first-order valence-corrected chi connectivity index (χ1v) is 7.71. The minimum Gasteiger partial charge on any atom is -0.480 e. The average molecular weight is 353 g/mol. The number of anilines is 1. The number of amides is 1. The van der Waals surface area contributed by atoms with Crippen molar-refractivity contribution in [2.24, 2.45) is 0 Å². The van der Waals surface area contributed by atoms with E-state index in [1.165, 1.54) is 6.07 Å². The molecule has 3 N–H and O–H groups in total. The number of carboxylic acids is 1. The van der Waals surface area contributed by atoms with E-state index >= 15 is 0 Å². The number of alkyl carbamates (subject to hydrolysis) is 1. The Morgan fingerprint density at radius 1 is 1.36 bits per heavy atom. The molecule has 0 spiro atoms. The molecular weight excluding hydrogens is 330 g/mol. The van der Waals surface area contributed by atoms with Crippen LogP contribution in [0.4, 0.5) is 16.2 Å². The Balaban J connectivity index is 2.68. The van der Waals surface area contributed by atoms with Crippen LogP contribution in [-0.4, -0.2) is 40.3 Å². The number of rotatable bonds is 7. The maximum absolute atomic E-state index is 11.7. The summed E-state index contributed by atoms with van der Waals surface area (Å²) in [5.74, 6) is -1.22. The molecule has 0 radical (unpaired) electrons. The fourth-order valence-electron chi connectivity index (χ4n) is 2.01. The normalized spacial score (nSPS) is 12.2. The summed E-state index contributed by atoms with van der Waals surface area (Å²) in [6.45, 7) is 6.92. The van der Waals surface area contributed by atoms with Gasteiger partial charge in [0, 0.05) is 12.6 Å². The minimum absolute atomic E-state index is 0.0275. The second-order valence-electron chi connectivity index (χ2n) is 6.53. The van der Waals surface area contributed by atoms with Crippen LogP contribution in [0.5, 0.6) is 0 Å². The fourth-order valence-corrected chi connectivity index (χ4v) is 2.01. The molecule has 0 bridgehead atoms. The van der Waals surface area contributed by atoms with Gasteiger partial charge in [-0.05, 0) is 45.7 Å². The van der Waals surface area contributed by atoms with E-state index in [0.717, 1.165) is 5.56 Å². The number of aliphatic carboxylic acids is 1. The first-order chi connectivity index (χ1) is 11.5. The van der Waals surface area contributed by atoms with Gasteiger partial charge < -0.3 is 20.5 Å². The molecule has 0 aliphatic heterocycles. The van der Waals surface area contributed by atoms with Crippen LogP contribution in [0.1, 0.15) is 32.8 Å². The van der Waals surface area contributed by atoms with Crippen LogP contribution in [0, 0.1) is 17.0 Å². The van der Waals surface area contributed by atoms with Crippen molar-refractivity contribution < 1.29 is 24.4 Å². The number of nitro benzene ring substituents is 1. The number of ether oxygens (including phenoxy) is 1. The van der Waals surface area contributed by atoms with Gasteiger partial charge in [0.25, 0.3) is 5.69 Å². The lowest BCUT2D eigenvalue weighted by Gasteiger charge is -2.22. The fraction of sp³-hybridized carbons (Fsp3) is 0.500. The predicted molar refractivity (Wildman–Crippen MR) is 91.7 cm³/mol. The van der Waals surface area contributed by atoms with Crippen LogP contribution in [0.2, 0.25) is 0 Å². The van der Waals surface area contributed by atoms with Crippen LogP contribution in [0.25, 0.3) is 0 Å². The molecule has 0 aromatic heterocycles. The number of nitrogens with one attached hydrogen (secondary N) is 2. The molecule has 1 aromatic carbocycles. The number of nitrogens with zero attached hydrogens (tertiary/aromatic N) is 1. The highest BCUT2D eigenvalue weighted by molar-refractivity contribution is 5.80. The second-order valence-corrected chi connectivity index (χ2v) is 6.53. The highest BCUT2D eigenvalue weighted by Gasteiger charge is 2.24. The molecule has 0 saturated carbocycles. The smallest absolute Gasteiger partial charge is 0.408 e. The molecule has 0 fully saturated rings. The van der Waals surface area contributed by atoms with E-state index in [9.17, 15) is 24.8 Å². The van der Waals surface area contributed by atoms with E-state index in [0.29, 0.717) is 5.69 Å². The molecule has 1 rings (SSSR count). The van der Waals surface area contributed by atoms with Gasteiger partial charge in [-0.2, -0.15) is 0 Å². The molecule has 138 valence electrons. The molecule has 9 nitrogen and oxygen atoms in total. The summed E-state index contributed by atoms with van der Waals surface area (Å²) >= 11 is 0. The first-order valence-electron chi connectivity index (χ1n) is 7.71. The maximum atomic E-state index is 11.7. The Kier molecular flexibility index (Phi) is 6.72. The lowest BCUT2D eigenvalue weighted by Crippen LogP contribution is -2.44. The minimum atomic E-state index is -1.22. The lowest BCUT2D eigenvalue weighted by atomic mass is 10.1. The van der Waals surface area contributed by atoms with Crippen molar-refractivity contribution in [3.05, 3.63) is 33.9 Å². The van der Waals surface area contributed by atoms with Gasteiger partial charge in [-0.25, -0.2) is 9.59 Å². The van der Waals surface area contributed by atoms with Crippen molar-refractivity contribution in [1.29, 1.82) is 0 Å². The maximum Gasteiger partial charge on any atom is 0.408 e. The Labute approximate surface area is 145 Å². The van der Waals surface area contributed by atoms with Gasteiger partial charge in [-0.3, -0.25) is 10.1 Å². The van der Waals surface area contributed by atoms with Crippen molar-refractivity contribution in [2.75, 3.05) is 11.9 Å². The second kappa shape index (κ2) is 8.32. The molecule has 0 aliphatic carbocycles. The Bertz CT molecular complexity index is 654. The molecular formula is C16H23N3O6. The summed E-state index contributed by atoms with van der Waals surface area (Å²) in [5, 5.41) is 25.3. The third kappa shape index (κ3) is 7.06. The van der Waals surface area contributed by atoms with Crippen molar-refractivity contribution in [2.45, 2.75) is 45.8 Å². The molecule has 0 saturated heterocycles. The molecule has 9 heteroatoms. The molecule has 1 amide bonds. The van der Waals surface area contributed by atoms with E-state index in [-0.39, 0.29) is 18.7 Å². The van der Waals surface area contributed by atoms with Gasteiger partial charge in [0.05, 0.1) is 4.92 Å². The van der Waals surface area contributed by atoms with Crippen LogP contribution < -0.4 is 10.6 Å². The van der Waals surface area contributed by atoms with Crippen LogP contribution >= 0.6 is 0 Å². The standard InChI is InChI=1S/C16H23N3O6/c1-10-5-6-13(19(23)24)12(9-10)17-8-7-11(14(20)21)18-15(22)25-16(2,3)4/h5-6,9,11,17H,7-8H2,1-4H3,(H,18,22)(H,20,21)/t11-/m0/s1. The van der Waals surface area contributed by atoms with E-state index in [4.69, 9.17) is 4.74 Å². The van der Waals surface area contributed by atoms with Gasteiger partial charge in [0.2, 0.25) is 0 Å². The quantitative estimate of drug-likeness (QED) is 0.507. The number of carboxylic acid groups (broad SMARTS) is 1. The number of hydrogen-bond acceptors (Lipinski definition) is 6. The lowest BCUT2D eigenvalue weighted by molar-refractivity contribution is -0.384. The monoisotopic (exact) mass is 353 g/mol. The summed E-state index contributed by atoms with van der Waals surface area (Å²) < 4.78 is 5.03. The van der Waals surface area contributed by atoms with Crippen LogP contribution in [-0.2, 0) is 9.53 Å². The summed E-state index contributed by atoms with van der Waals surface area (Å²) in [6.07, 6.45) is -0.805. The zero-order valence-corrected chi connectivity index (χ0v) is 14.7. The number of aryl methyl sites for hydroxylation is 1. The van der Waals surface area contributed by atoms with Gasteiger partial charge in [-0.1, -0.05) is 6.07 Å². The third-order valence-electron chi connectivity index (χ3n) is 3.09. The summed E-state index contributed by atoms with van der Waals surface area (Å²) in [6, 6.07) is 3.43. The number of hydrogen-bond donors (Lipinski definition) is 3. The summed E-state index contributed by atoms with van der Waals surface area (Å²) in [7, 11) is 0. The van der Waals surface area contributed by atoms with Crippen molar-refractivity contribution in [1.82, 2.24) is 5.32 Å². The topological polar surface area (TPSA) is 131 Å². The predicted octanol–water partition coefficient (Wildman–Crippen LogP) is 2.68. The molecule has 0 unspecified atom stereocenters. The number of nitro groups is 1. The summed E-state index contributed by atoms with van der Waals surface area (Å²) in [4.78, 5) is 33.5. The molecule has 25 heavy (non-hydrogen) atoms. The van der Waals surface area contributed by atoms with Gasteiger partial charge in [-0.15, -0.1) is 0 Å². The van der Waals surface area contributed by atoms with Crippen molar-refractivity contribution in [3.8, 4) is 0 Å². The van der Waals surface area contributed by atoms with Crippen molar-refractivity contribution in [3.63, 3.8) is 0 Å². The largest absolute Gasteiger partial charge is 0.480 e. The van der Waals surface area contributed by atoms with Crippen molar-refractivity contribution >= 4 is 23.4 Å². The molecule has 0 heterocycles. The number of carbonyl (C=O) groups excluding carboxylic acids is 1. The zero-order chi connectivity index (χ0) is 19.2. The Morgan fingerprint density at radius 2 is 2.00 bits per heavy atom. The number of benzene rings is 1. The Hall–Kier alpha value is -2.84. The number of carbonyl (C=O) groups is 2. The third-order valence-corrected chi connectivity index (χ3v) is 3.09. The summed E-state index contributed by atoms with van der Waals surface area (Å²) in [5.41, 5.74) is 0.284.